The molecule has 24 heavy (non-hydrogen) atoms. The Labute approximate surface area is 140 Å². The van der Waals surface area contributed by atoms with Crippen molar-refractivity contribution in [3.63, 3.8) is 0 Å². The van der Waals surface area contributed by atoms with Crippen LogP contribution in [0.5, 0.6) is 0 Å². The fraction of sp³-hybridized carbons (Fsp3) is 0.429. The summed E-state index contributed by atoms with van der Waals surface area (Å²) in [5.74, 6) is -2.14. The number of fused-ring (bicyclic) bond motifs is 1. The first-order valence-electron chi connectivity index (χ1n) is 7.10. The largest absolute Gasteiger partial charge is 0.507 e. The standard InChI is InChI=1S/C14H15N3O6S/c1-14(2)12(23-13(21)22)17-10(20)7(11(17)24-14)16-9(19)8(18)6-4-3-5-15-6/h3-5,7,11-12,15H,1-2H3,(H,16,19)(H,21,22)/t7-,11-,12+/m1/s1. The maximum Gasteiger partial charge on any atom is 0.507 e. The molecule has 0 radical (unpaired) electrons. The van der Waals surface area contributed by atoms with E-state index in [1.54, 1.807) is 19.9 Å². The number of carboxylic acid groups (broad SMARTS) is 1. The van der Waals surface area contributed by atoms with Crippen molar-refractivity contribution in [2.75, 3.05) is 0 Å². The van der Waals surface area contributed by atoms with Gasteiger partial charge in [-0.05, 0) is 26.0 Å². The summed E-state index contributed by atoms with van der Waals surface area (Å²) in [5.41, 5.74) is 0.127. The molecule has 128 valence electrons. The number of ketones is 1. The van der Waals surface area contributed by atoms with Crippen molar-refractivity contribution < 1.29 is 29.0 Å². The number of carbonyl (C=O) groups excluding carboxylic acids is 3. The van der Waals surface area contributed by atoms with Crippen molar-refractivity contribution in [1.29, 1.82) is 0 Å². The summed E-state index contributed by atoms with van der Waals surface area (Å²) in [5, 5.41) is 10.8. The third kappa shape index (κ3) is 2.52. The van der Waals surface area contributed by atoms with Gasteiger partial charge >= 0.3 is 6.16 Å². The zero-order valence-corrected chi connectivity index (χ0v) is 13.6. The maximum atomic E-state index is 12.3. The topological polar surface area (TPSA) is 129 Å². The molecule has 2 aliphatic heterocycles. The minimum atomic E-state index is -1.48. The number of rotatable bonds is 4. The van der Waals surface area contributed by atoms with E-state index >= 15 is 0 Å². The van der Waals surface area contributed by atoms with Gasteiger partial charge in [-0.3, -0.25) is 19.3 Å². The Bertz CT molecular complexity index is 716. The minimum Gasteiger partial charge on any atom is -0.450 e. The van der Waals surface area contributed by atoms with Crippen molar-refractivity contribution in [1.82, 2.24) is 15.2 Å². The van der Waals surface area contributed by atoms with Crippen LogP contribution in [0, 0.1) is 0 Å². The number of nitrogens with one attached hydrogen (secondary N) is 2. The van der Waals surface area contributed by atoms with Gasteiger partial charge in [-0.15, -0.1) is 11.8 Å². The van der Waals surface area contributed by atoms with E-state index in [-0.39, 0.29) is 5.69 Å². The molecule has 0 saturated carbocycles. The van der Waals surface area contributed by atoms with Crippen LogP contribution in [0.25, 0.3) is 0 Å². The van der Waals surface area contributed by atoms with Crippen LogP contribution in [-0.2, 0) is 14.3 Å². The summed E-state index contributed by atoms with van der Waals surface area (Å²) in [6.45, 7) is 3.50. The average Bonchev–Trinajstić information content (AvgIpc) is 3.10. The van der Waals surface area contributed by atoms with Crippen LogP contribution in [0.2, 0.25) is 0 Å². The predicted molar refractivity (Wildman–Crippen MR) is 82.3 cm³/mol. The van der Waals surface area contributed by atoms with E-state index in [0.717, 1.165) is 0 Å². The highest BCUT2D eigenvalue weighted by molar-refractivity contribution is 8.01. The number of ether oxygens (including phenoxy) is 1. The second kappa shape index (κ2) is 5.55. The lowest BCUT2D eigenvalue weighted by atomic mass is 10.0. The van der Waals surface area contributed by atoms with Crippen molar-refractivity contribution >= 4 is 35.5 Å². The number of aromatic nitrogens is 1. The number of nitrogens with zero attached hydrogens (tertiary/aromatic N) is 1. The van der Waals surface area contributed by atoms with Gasteiger partial charge in [0.25, 0.3) is 17.6 Å². The van der Waals surface area contributed by atoms with Crippen molar-refractivity contribution in [2.24, 2.45) is 0 Å². The van der Waals surface area contributed by atoms with Gasteiger partial charge in [0.1, 0.15) is 11.4 Å². The Kier molecular flexibility index (Phi) is 3.78. The molecule has 3 N–H and O–H groups in total. The van der Waals surface area contributed by atoms with E-state index in [9.17, 15) is 19.2 Å². The molecule has 0 unspecified atom stereocenters. The van der Waals surface area contributed by atoms with E-state index < -0.39 is 46.1 Å². The number of aromatic amines is 1. The zero-order valence-electron chi connectivity index (χ0n) is 12.8. The third-order valence-electron chi connectivity index (χ3n) is 3.90. The molecule has 3 heterocycles. The molecule has 0 spiro atoms. The molecule has 3 atom stereocenters. The number of amides is 2. The lowest BCUT2D eigenvalue weighted by Crippen LogP contribution is -2.70. The Morgan fingerprint density at radius 3 is 2.71 bits per heavy atom. The second-order valence-corrected chi connectivity index (χ2v) is 7.73. The van der Waals surface area contributed by atoms with Gasteiger partial charge in [-0.1, -0.05) is 0 Å². The highest BCUT2D eigenvalue weighted by atomic mass is 32.2. The number of β-lactam (4-membered cyclic amide) rings is 1. The van der Waals surface area contributed by atoms with E-state index in [4.69, 9.17) is 9.84 Å². The van der Waals surface area contributed by atoms with Crippen LogP contribution in [0.1, 0.15) is 24.3 Å². The first kappa shape index (κ1) is 16.4. The Hall–Kier alpha value is -2.49. The highest BCUT2D eigenvalue weighted by Crippen LogP contribution is 2.51. The monoisotopic (exact) mass is 353 g/mol. The Balaban J connectivity index is 1.70. The smallest absolute Gasteiger partial charge is 0.450 e. The molecular formula is C14H15N3O6S. The van der Waals surface area contributed by atoms with Crippen molar-refractivity contribution in [2.45, 2.75) is 36.2 Å². The summed E-state index contributed by atoms with van der Waals surface area (Å²) in [4.78, 5) is 51.0. The molecule has 9 nitrogen and oxygen atoms in total. The first-order valence-corrected chi connectivity index (χ1v) is 7.98. The number of hydrogen-bond donors (Lipinski definition) is 3. The summed E-state index contributed by atoms with van der Waals surface area (Å²) in [6.07, 6.45) is -0.902. The lowest BCUT2D eigenvalue weighted by Gasteiger charge is -2.43. The summed E-state index contributed by atoms with van der Waals surface area (Å²) >= 11 is 1.31. The summed E-state index contributed by atoms with van der Waals surface area (Å²) < 4.78 is 4.14. The van der Waals surface area contributed by atoms with Gasteiger partial charge in [-0.2, -0.15) is 0 Å². The van der Waals surface area contributed by atoms with Crippen LogP contribution in [0.4, 0.5) is 4.79 Å². The van der Waals surface area contributed by atoms with Crippen molar-refractivity contribution in [3.05, 3.63) is 24.0 Å². The molecular weight excluding hydrogens is 338 g/mol. The Morgan fingerprint density at radius 1 is 1.42 bits per heavy atom. The van der Waals surface area contributed by atoms with Gasteiger partial charge in [0.2, 0.25) is 0 Å². The molecule has 10 heteroatoms. The predicted octanol–water partition coefficient (Wildman–Crippen LogP) is 0.397. The second-order valence-electron chi connectivity index (χ2n) is 5.96. The molecule has 2 fully saturated rings. The molecule has 1 aromatic heterocycles. The minimum absolute atomic E-state index is 0.127. The number of hydrogen-bond acceptors (Lipinski definition) is 6. The molecule has 0 aliphatic carbocycles. The quantitative estimate of drug-likeness (QED) is 0.309. The molecule has 2 saturated heterocycles. The van der Waals surface area contributed by atoms with Gasteiger partial charge in [0.05, 0.1) is 10.4 Å². The average molecular weight is 353 g/mol. The molecule has 0 bridgehead atoms. The molecule has 2 amide bonds. The van der Waals surface area contributed by atoms with Crippen LogP contribution >= 0.6 is 11.8 Å². The van der Waals surface area contributed by atoms with E-state index in [0.29, 0.717) is 0 Å². The molecule has 2 aliphatic rings. The summed E-state index contributed by atoms with van der Waals surface area (Å²) in [7, 11) is 0. The fourth-order valence-corrected chi connectivity index (χ4v) is 4.34. The Morgan fingerprint density at radius 2 is 2.12 bits per heavy atom. The maximum absolute atomic E-state index is 12.3. The highest BCUT2D eigenvalue weighted by Gasteiger charge is 2.63. The van der Waals surface area contributed by atoms with Gasteiger partial charge < -0.3 is 20.1 Å². The van der Waals surface area contributed by atoms with Crippen LogP contribution in [0.3, 0.4) is 0 Å². The number of thioether (sulfide) groups is 1. The molecule has 0 aromatic carbocycles. The van der Waals surface area contributed by atoms with E-state index in [1.165, 1.54) is 28.9 Å². The van der Waals surface area contributed by atoms with Crippen LogP contribution < -0.4 is 5.32 Å². The van der Waals surface area contributed by atoms with Gasteiger partial charge in [-0.25, -0.2) is 4.79 Å². The molecule has 1 aromatic rings. The van der Waals surface area contributed by atoms with Crippen LogP contribution in [-0.4, -0.2) is 61.1 Å². The van der Waals surface area contributed by atoms with Crippen molar-refractivity contribution in [3.8, 4) is 0 Å². The number of carbonyl (C=O) groups is 4. The van der Waals surface area contributed by atoms with Gasteiger partial charge in [0, 0.05) is 6.20 Å². The number of Topliss-reactive ketones (excluding diaryl/α,β-unsaturated/α-hetero) is 1. The fourth-order valence-electron chi connectivity index (χ4n) is 2.79. The number of H-pyrrole nitrogens is 1. The van der Waals surface area contributed by atoms with Gasteiger partial charge in [0.15, 0.2) is 6.23 Å². The lowest BCUT2D eigenvalue weighted by molar-refractivity contribution is -0.163. The van der Waals surface area contributed by atoms with E-state index in [1.807, 2.05) is 0 Å². The van der Waals surface area contributed by atoms with E-state index in [2.05, 4.69) is 10.3 Å². The zero-order chi connectivity index (χ0) is 17.6. The molecule has 3 rings (SSSR count). The first-order chi connectivity index (χ1) is 11.2. The van der Waals surface area contributed by atoms with Crippen LogP contribution in [0.15, 0.2) is 18.3 Å². The summed E-state index contributed by atoms with van der Waals surface area (Å²) in [6, 6.07) is 2.16. The normalized spacial score (nSPS) is 27.2. The SMILES string of the molecule is CC1(C)S[C@@H]2[C@H](NC(=O)C(=O)c3ccc[nH]3)C(=O)N2[C@H]1OC(=O)O. The third-order valence-corrected chi connectivity index (χ3v) is 5.45.